The topological polar surface area (TPSA) is 68.6 Å². The molecule has 0 amide bonds. The molecule has 0 bridgehead atoms. The molecular weight excluding hydrogens is 330 g/mol. The van der Waals surface area contributed by atoms with Crippen molar-refractivity contribution >= 4 is 11.9 Å². The Morgan fingerprint density at radius 1 is 1.23 bits per heavy atom. The zero-order chi connectivity index (χ0) is 18.4. The third-order valence-electron chi connectivity index (χ3n) is 4.03. The number of unbranched alkanes of at least 4 members (excludes halogenated alkanes) is 1. The van der Waals surface area contributed by atoms with Gasteiger partial charge in [0.15, 0.2) is 17.3 Å². The lowest BCUT2D eigenvalue weighted by Crippen LogP contribution is -2.18. The predicted molar refractivity (Wildman–Crippen MR) is 97.6 cm³/mol. The number of benzene rings is 2. The maximum atomic E-state index is 12.6. The number of nitriles is 1. The molecule has 0 unspecified atom stereocenters. The molecule has 2 aromatic carbocycles. The van der Waals surface area contributed by atoms with Crippen molar-refractivity contribution in [1.82, 2.24) is 0 Å². The van der Waals surface area contributed by atoms with Crippen LogP contribution in [0.15, 0.2) is 48.0 Å². The maximum Gasteiger partial charge on any atom is 0.196 e. The average Bonchev–Trinajstić information content (AvgIpc) is 2.68. The van der Waals surface area contributed by atoms with Crippen molar-refractivity contribution in [1.29, 1.82) is 5.26 Å². The molecule has 2 aromatic rings. The second-order valence-electron chi connectivity index (χ2n) is 5.80. The minimum absolute atomic E-state index is 0.0286. The lowest BCUT2D eigenvalue weighted by atomic mass is 9.98. The number of para-hydroxylation sites is 1. The number of fused-ring (bicyclic) bond motifs is 1. The lowest BCUT2D eigenvalue weighted by molar-refractivity contribution is 0.100. The van der Waals surface area contributed by atoms with E-state index in [0.29, 0.717) is 47.8 Å². The Hall–Kier alpha value is -3.26. The molecule has 0 fully saturated rings. The van der Waals surface area contributed by atoms with E-state index >= 15 is 0 Å². The molecule has 0 aromatic heterocycles. The van der Waals surface area contributed by atoms with E-state index in [-0.39, 0.29) is 12.4 Å². The summed E-state index contributed by atoms with van der Waals surface area (Å²) in [5, 5.41) is 8.60. The Morgan fingerprint density at radius 2 is 2.08 bits per heavy atom. The summed E-state index contributed by atoms with van der Waals surface area (Å²) in [6.45, 7) is 0.666. The van der Waals surface area contributed by atoms with Crippen LogP contribution in [0.4, 0.5) is 0 Å². The molecule has 26 heavy (non-hydrogen) atoms. The second-order valence-corrected chi connectivity index (χ2v) is 5.80. The quantitative estimate of drug-likeness (QED) is 0.582. The van der Waals surface area contributed by atoms with Crippen molar-refractivity contribution in [3.63, 3.8) is 0 Å². The fraction of sp³-hybridized carbons (Fsp3) is 0.238. The van der Waals surface area contributed by atoms with Crippen molar-refractivity contribution in [2.75, 3.05) is 20.3 Å². The van der Waals surface area contributed by atoms with Crippen molar-refractivity contribution in [3.05, 3.63) is 59.2 Å². The fourth-order valence-electron chi connectivity index (χ4n) is 2.71. The van der Waals surface area contributed by atoms with Crippen LogP contribution in [-0.2, 0) is 0 Å². The summed E-state index contributed by atoms with van der Waals surface area (Å²) < 4.78 is 16.7. The van der Waals surface area contributed by atoms with Crippen molar-refractivity contribution in [2.45, 2.75) is 12.8 Å². The van der Waals surface area contributed by atoms with E-state index in [1.165, 1.54) is 0 Å². The number of Topliss-reactive ketones (excluding diaryl/α,β-unsaturated/α-hetero) is 1. The summed E-state index contributed by atoms with van der Waals surface area (Å²) in [5.41, 5.74) is 1.99. The minimum Gasteiger partial charge on any atom is -0.493 e. The molecule has 0 radical (unpaired) electrons. The third kappa shape index (κ3) is 3.86. The number of rotatable bonds is 6. The van der Waals surface area contributed by atoms with E-state index in [1.54, 1.807) is 31.4 Å². The molecule has 132 valence electrons. The summed E-state index contributed by atoms with van der Waals surface area (Å²) in [5.74, 6) is 1.79. The zero-order valence-electron chi connectivity index (χ0n) is 14.5. The normalized spacial score (nSPS) is 14.3. The predicted octanol–water partition coefficient (Wildman–Crippen LogP) is 4.04. The van der Waals surface area contributed by atoms with Crippen LogP contribution in [0, 0.1) is 11.3 Å². The van der Waals surface area contributed by atoms with Crippen LogP contribution in [0.25, 0.3) is 6.08 Å². The van der Waals surface area contributed by atoms with E-state index in [2.05, 4.69) is 6.07 Å². The minimum atomic E-state index is -0.0286. The van der Waals surface area contributed by atoms with Crippen LogP contribution < -0.4 is 14.2 Å². The summed E-state index contributed by atoms with van der Waals surface area (Å²) >= 11 is 0. The molecule has 3 rings (SSSR count). The van der Waals surface area contributed by atoms with Gasteiger partial charge >= 0.3 is 0 Å². The van der Waals surface area contributed by atoms with Gasteiger partial charge in [-0.15, -0.1) is 0 Å². The molecular formula is C21H19NO4. The number of ketones is 1. The molecule has 5 nitrogen and oxygen atoms in total. The van der Waals surface area contributed by atoms with Crippen LogP contribution in [0.5, 0.6) is 17.2 Å². The smallest absolute Gasteiger partial charge is 0.196 e. The first-order valence-corrected chi connectivity index (χ1v) is 8.38. The average molecular weight is 349 g/mol. The molecule has 1 heterocycles. The number of hydrogen-bond acceptors (Lipinski definition) is 5. The highest BCUT2D eigenvalue weighted by Gasteiger charge is 2.22. The summed E-state index contributed by atoms with van der Waals surface area (Å²) in [6, 6.07) is 14.8. The van der Waals surface area contributed by atoms with Gasteiger partial charge in [-0.1, -0.05) is 18.2 Å². The van der Waals surface area contributed by atoms with Gasteiger partial charge in [-0.25, -0.2) is 0 Å². The van der Waals surface area contributed by atoms with Gasteiger partial charge in [-0.05, 0) is 42.3 Å². The number of ether oxygens (including phenoxy) is 3. The molecule has 0 N–H and O–H groups in total. The van der Waals surface area contributed by atoms with Crippen LogP contribution >= 0.6 is 0 Å². The highest BCUT2D eigenvalue weighted by Crippen LogP contribution is 2.31. The largest absolute Gasteiger partial charge is 0.493 e. The Kier molecular flexibility index (Phi) is 5.55. The summed E-state index contributed by atoms with van der Waals surface area (Å²) in [6.07, 6.45) is 2.89. The lowest BCUT2D eigenvalue weighted by Gasteiger charge is -2.18. The van der Waals surface area contributed by atoms with Gasteiger partial charge in [0.05, 0.1) is 25.3 Å². The van der Waals surface area contributed by atoms with Crippen molar-refractivity contribution in [3.8, 4) is 23.3 Å². The first-order valence-electron chi connectivity index (χ1n) is 8.38. The summed E-state index contributed by atoms with van der Waals surface area (Å²) in [7, 11) is 1.57. The summed E-state index contributed by atoms with van der Waals surface area (Å²) in [4.78, 5) is 12.6. The molecule has 0 spiro atoms. The maximum absolute atomic E-state index is 12.6. The standard InChI is InChI=1S/C21H19NO4/c1-24-19-9-8-15(13-20(19)25-11-5-4-10-22)12-16-14-26-18-7-3-2-6-17(18)21(16)23/h2-3,6-9,12-13H,4-5,11,14H2,1H3/b16-12+. The number of methoxy groups -OCH3 is 1. The number of carbonyl (C=O) groups excluding carboxylic acids is 1. The van der Waals surface area contributed by atoms with Crippen LogP contribution in [0.3, 0.4) is 0 Å². The monoisotopic (exact) mass is 349 g/mol. The van der Waals surface area contributed by atoms with Gasteiger partial charge in [0, 0.05) is 12.0 Å². The van der Waals surface area contributed by atoms with Crippen molar-refractivity contribution in [2.24, 2.45) is 0 Å². The number of carbonyl (C=O) groups is 1. The van der Waals surface area contributed by atoms with Crippen LogP contribution in [0.2, 0.25) is 0 Å². The van der Waals surface area contributed by atoms with E-state index in [4.69, 9.17) is 19.5 Å². The van der Waals surface area contributed by atoms with Gasteiger partial charge in [0.1, 0.15) is 12.4 Å². The Morgan fingerprint density at radius 3 is 2.88 bits per heavy atom. The first kappa shape index (κ1) is 17.6. The highest BCUT2D eigenvalue weighted by molar-refractivity contribution is 6.14. The molecule has 5 heteroatoms. The Bertz CT molecular complexity index is 880. The molecule has 0 saturated heterocycles. The van der Waals surface area contributed by atoms with Gasteiger partial charge < -0.3 is 14.2 Å². The third-order valence-corrected chi connectivity index (χ3v) is 4.03. The molecule has 0 aliphatic carbocycles. The van der Waals surface area contributed by atoms with E-state index in [9.17, 15) is 4.79 Å². The molecule has 0 atom stereocenters. The van der Waals surface area contributed by atoms with Gasteiger partial charge in [-0.3, -0.25) is 4.79 Å². The molecule has 0 saturated carbocycles. The first-order chi connectivity index (χ1) is 12.7. The Labute approximate surface area is 152 Å². The van der Waals surface area contributed by atoms with E-state index in [1.807, 2.05) is 24.3 Å². The Balaban J connectivity index is 1.82. The van der Waals surface area contributed by atoms with E-state index < -0.39 is 0 Å². The number of nitrogens with zero attached hydrogens (tertiary/aromatic N) is 1. The zero-order valence-corrected chi connectivity index (χ0v) is 14.5. The molecule has 1 aliphatic rings. The van der Waals surface area contributed by atoms with Crippen molar-refractivity contribution < 1.29 is 19.0 Å². The van der Waals surface area contributed by atoms with Crippen LogP contribution in [0.1, 0.15) is 28.8 Å². The van der Waals surface area contributed by atoms with Crippen LogP contribution in [-0.4, -0.2) is 26.1 Å². The number of hydrogen-bond donors (Lipinski definition) is 0. The highest BCUT2D eigenvalue weighted by atomic mass is 16.5. The van der Waals surface area contributed by atoms with Gasteiger partial charge in [0.2, 0.25) is 0 Å². The molecule has 1 aliphatic heterocycles. The van der Waals surface area contributed by atoms with Gasteiger partial charge in [0.25, 0.3) is 0 Å². The SMILES string of the molecule is COc1ccc(/C=C2\COc3ccccc3C2=O)cc1OCCCC#N. The van der Waals surface area contributed by atoms with Gasteiger partial charge in [-0.2, -0.15) is 5.26 Å². The van der Waals surface area contributed by atoms with E-state index in [0.717, 1.165) is 5.56 Å². The fourth-order valence-corrected chi connectivity index (χ4v) is 2.71. The second kappa shape index (κ2) is 8.21.